The molecule has 0 saturated carbocycles. The van der Waals surface area contributed by atoms with Gasteiger partial charge >= 0.3 is 0 Å². The van der Waals surface area contributed by atoms with Crippen molar-refractivity contribution in [3.63, 3.8) is 0 Å². The molecule has 4 N–H and O–H groups in total. The van der Waals surface area contributed by atoms with Gasteiger partial charge in [0.15, 0.2) is 17.3 Å². The maximum Gasteiger partial charge on any atom is 0.231 e. The first-order valence-electron chi connectivity index (χ1n) is 10.9. The summed E-state index contributed by atoms with van der Waals surface area (Å²) in [6, 6.07) is 15.1. The molecule has 0 saturated heterocycles. The van der Waals surface area contributed by atoms with Crippen LogP contribution in [0.1, 0.15) is 19.5 Å². The van der Waals surface area contributed by atoms with Crippen molar-refractivity contribution < 1.29 is 9.32 Å². The van der Waals surface area contributed by atoms with Gasteiger partial charge in [0, 0.05) is 36.5 Å². The van der Waals surface area contributed by atoms with Gasteiger partial charge in [-0.15, -0.1) is 0 Å². The van der Waals surface area contributed by atoms with Crippen LogP contribution in [0.5, 0.6) is 0 Å². The second-order valence-electron chi connectivity index (χ2n) is 8.35. The summed E-state index contributed by atoms with van der Waals surface area (Å²) in [5.74, 6) is 0.550. The van der Waals surface area contributed by atoms with Crippen LogP contribution in [0.4, 0.5) is 5.82 Å². The second-order valence-corrected chi connectivity index (χ2v) is 8.35. The fourth-order valence-electron chi connectivity index (χ4n) is 3.42. The van der Waals surface area contributed by atoms with Crippen molar-refractivity contribution in [1.82, 2.24) is 30.7 Å². The SMILES string of the molecule is CNCCNC(=O)C(C)(C)c1cc(-c2cnc(N)c(-c3cc(-c4ccccc4)no3)n2)ccn1. The molecule has 9 nitrogen and oxygen atoms in total. The first-order valence-corrected chi connectivity index (χ1v) is 10.9. The van der Waals surface area contributed by atoms with E-state index in [1.165, 1.54) is 0 Å². The highest BCUT2D eigenvalue weighted by Gasteiger charge is 2.31. The zero-order valence-corrected chi connectivity index (χ0v) is 19.4. The van der Waals surface area contributed by atoms with Crippen LogP contribution in [0.2, 0.25) is 0 Å². The molecule has 9 heteroatoms. The largest absolute Gasteiger partial charge is 0.382 e. The van der Waals surface area contributed by atoms with Crippen molar-refractivity contribution in [3.05, 3.63) is 66.6 Å². The summed E-state index contributed by atoms with van der Waals surface area (Å²) in [5.41, 5.74) is 9.25. The quantitative estimate of drug-likeness (QED) is 0.344. The van der Waals surface area contributed by atoms with Crippen molar-refractivity contribution in [1.29, 1.82) is 0 Å². The molecule has 3 heterocycles. The van der Waals surface area contributed by atoms with E-state index in [0.717, 1.165) is 11.1 Å². The predicted molar refractivity (Wildman–Crippen MR) is 131 cm³/mol. The molecule has 0 atom stereocenters. The molecule has 0 spiro atoms. The molecule has 0 aliphatic rings. The van der Waals surface area contributed by atoms with Crippen LogP contribution < -0.4 is 16.4 Å². The average molecular weight is 458 g/mol. The molecule has 1 aromatic carbocycles. The van der Waals surface area contributed by atoms with Crippen LogP contribution in [-0.2, 0) is 10.2 Å². The van der Waals surface area contributed by atoms with Gasteiger partial charge in [0.25, 0.3) is 0 Å². The van der Waals surface area contributed by atoms with E-state index in [1.807, 2.05) is 63.4 Å². The highest BCUT2D eigenvalue weighted by atomic mass is 16.5. The minimum atomic E-state index is -0.830. The Labute approximate surface area is 197 Å². The number of likely N-dealkylation sites (N-methyl/N-ethyl adjacent to an activating group) is 1. The van der Waals surface area contributed by atoms with Crippen LogP contribution in [0.3, 0.4) is 0 Å². The summed E-state index contributed by atoms with van der Waals surface area (Å²) in [6.45, 7) is 4.90. The maximum absolute atomic E-state index is 12.7. The minimum Gasteiger partial charge on any atom is -0.382 e. The molecule has 0 aliphatic carbocycles. The van der Waals surface area contributed by atoms with E-state index in [1.54, 1.807) is 18.5 Å². The van der Waals surface area contributed by atoms with E-state index in [0.29, 0.717) is 41.6 Å². The van der Waals surface area contributed by atoms with Gasteiger partial charge in [-0.25, -0.2) is 9.97 Å². The Hall–Kier alpha value is -4.11. The van der Waals surface area contributed by atoms with Gasteiger partial charge in [0.05, 0.1) is 23.0 Å². The smallest absolute Gasteiger partial charge is 0.231 e. The number of anilines is 1. The number of benzene rings is 1. The number of aromatic nitrogens is 4. The average Bonchev–Trinajstić information content (AvgIpc) is 3.35. The number of hydrogen-bond acceptors (Lipinski definition) is 8. The van der Waals surface area contributed by atoms with Crippen molar-refractivity contribution in [2.24, 2.45) is 0 Å². The number of rotatable bonds is 8. The number of carbonyl (C=O) groups is 1. The summed E-state index contributed by atoms with van der Waals surface area (Å²) < 4.78 is 5.53. The van der Waals surface area contributed by atoms with Gasteiger partial charge in [-0.05, 0) is 33.0 Å². The van der Waals surface area contributed by atoms with E-state index in [2.05, 4.69) is 25.8 Å². The number of nitrogens with one attached hydrogen (secondary N) is 2. The van der Waals surface area contributed by atoms with E-state index in [9.17, 15) is 4.79 Å². The zero-order chi connectivity index (χ0) is 24.1. The van der Waals surface area contributed by atoms with Crippen LogP contribution in [0, 0.1) is 0 Å². The number of nitrogen functional groups attached to an aromatic ring is 1. The molecule has 4 rings (SSSR count). The van der Waals surface area contributed by atoms with Crippen molar-refractivity contribution >= 4 is 11.7 Å². The van der Waals surface area contributed by atoms with Crippen LogP contribution in [-0.4, -0.2) is 46.2 Å². The molecule has 0 bridgehead atoms. The summed E-state index contributed by atoms with van der Waals surface area (Å²) in [5, 5.41) is 10.1. The van der Waals surface area contributed by atoms with E-state index >= 15 is 0 Å². The molecule has 0 radical (unpaired) electrons. The Bertz CT molecular complexity index is 1290. The highest BCUT2D eigenvalue weighted by molar-refractivity contribution is 5.87. The second kappa shape index (κ2) is 9.80. The Kier molecular flexibility index (Phi) is 6.65. The number of nitrogens with two attached hydrogens (primary N) is 1. The third kappa shape index (κ3) is 4.79. The minimum absolute atomic E-state index is 0.105. The third-order valence-corrected chi connectivity index (χ3v) is 5.54. The van der Waals surface area contributed by atoms with Crippen molar-refractivity contribution in [3.8, 4) is 34.0 Å². The number of amides is 1. The summed E-state index contributed by atoms with van der Waals surface area (Å²) in [6.07, 6.45) is 3.25. The Morgan fingerprint density at radius 1 is 1.03 bits per heavy atom. The molecule has 0 unspecified atom stereocenters. The number of nitrogens with zero attached hydrogens (tertiary/aromatic N) is 4. The molecular weight excluding hydrogens is 430 g/mol. The van der Waals surface area contributed by atoms with Gasteiger partial charge in [-0.3, -0.25) is 9.78 Å². The molecule has 1 amide bonds. The van der Waals surface area contributed by atoms with Crippen molar-refractivity contribution in [2.75, 3.05) is 25.9 Å². The fourth-order valence-corrected chi connectivity index (χ4v) is 3.42. The lowest BCUT2D eigenvalue weighted by atomic mass is 9.86. The maximum atomic E-state index is 12.7. The summed E-state index contributed by atoms with van der Waals surface area (Å²) in [7, 11) is 1.84. The third-order valence-electron chi connectivity index (χ3n) is 5.54. The molecule has 4 aromatic rings. The standard InChI is InChI=1S/C25H27N7O2/c1-25(2,24(33)29-12-11-27-3)21-13-17(9-10-28-21)19-15-30-23(26)22(31-19)20-14-18(32-34-20)16-7-5-4-6-8-16/h4-10,13-15,27H,11-12H2,1-3H3,(H2,26,30)(H,29,33). The normalized spacial score (nSPS) is 11.4. The first kappa shape index (κ1) is 23.1. The number of carbonyl (C=O) groups excluding carboxylic acids is 1. The number of hydrogen-bond donors (Lipinski definition) is 3. The molecular formula is C25H27N7O2. The van der Waals surface area contributed by atoms with E-state index in [-0.39, 0.29) is 11.7 Å². The van der Waals surface area contributed by atoms with Gasteiger partial charge in [0.1, 0.15) is 5.69 Å². The zero-order valence-electron chi connectivity index (χ0n) is 19.4. The molecule has 174 valence electrons. The molecule has 34 heavy (non-hydrogen) atoms. The topological polar surface area (TPSA) is 132 Å². The molecule has 0 aliphatic heterocycles. The summed E-state index contributed by atoms with van der Waals surface area (Å²) >= 11 is 0. The van der Waals surface area contributed by atoms with Crippen LogP contribution in [0.25, 0.3) is 34.0 Å². The van der Waals surface area contributed by atoms with E-state index in [4.69, 9.17) is 15.2 Å². The van der Waals surface area contributed by atoms with Crippen molar-refractivity contribution in [2.45, 2.75) is 19.3 Å². The lowest BCUT2D eigenvalue weighted by molar-refractivity contribution is -0.125. The highest BCUT2D eigenvalue weighted by Crippen LogP contribution is 2.30. The van der Waals surface area contributed by atoms with Gasteiger partial charge < -0.3 is 20.9 Å². The lowest BCUT2D eigenvalue weighted by Crippen LogP contribution is -2.42. The predicted octanol–water partition coefficient (Wildman–Crippen LogP) is 3.06. The number of pyridine rings is 1. The Morgan fingerprint density at radius 3 is 2.59 bits per heavy atom. The van der Waals surface area contributed by atoms with Gasteiger partial charge in [-0.1, -0.05) is 35.5 Å². The Balaban J connectivity index is 1.64. The van der Waals surface area contributed by atoms with Gasteiger partial charge in [-0.2, -0.15) is 0 Å². The Morgan fingerprint density at radius 2 is 1.82 bits per heavy atom. The molecule has 3 aromatic heterocycles. The molecule has 0 fully saturated rings. The first-order chi connectivity index (χ1) is 16.4. The van der Waals surface area contributed by atoms with Crippen LogP contribution in [0.15, 0.2) is 65.4 Å². The van der Waals surface area contributed by atoms with E-state index < -0.39 is 5.41 Å². The monoisotopic (exact) mass is 457 g/mol. The summed E-state index contributed by atoms with van der Waals surface area (Å²) in [4.78, 5) is 26.2. The van der Waals surface area contributed by atoms with Gasteiger partial charge in [0.2, 0.25) is 5.91 Å². The van der Waals surface area contributed by atoms with Crippen LogP contribution >= 0.6 is 0 Å². The lowest BCUT2D eigenvalue weighted by Gasteiger charge is -2.23. The fraction of sp³-hybridized carbons (Fsp3) is 0.240.